The lowest BCUT2D eigenvalue weighted by Crippen LogP contribution is -2.25. The lowest BCUT2D eigenvalue weighted by molar-refractivity contribution is 0.108. The summed E-state index contributed by atoms with van der Waals surface area (Å²) in [6.07, 6.45) is 1.06. The summed E-state index contributed by atoms with van der Waals surface area (Å²) in [5.74, 6) is 0. The predicted molar refractivity (Wildman–Crippen MR) is 57.9 cm³/mol. The van der Waals surface area contributed by atoms with E-state index in [9.17, 15) is 0 Å². The number of rotatable bonds is 0. The second kappa shape index (κ2) is 20.1. The van der Waals surface area contributed by atoms with Gasteiger partial charge in [0.1, 0.15) is 0 Å². The lowest BCUT2D eigenvalue weighted by atomic mass is 10.2. The number of aromatic nitrogens is 1. The highest BCUT2D eigenvalue weighted by atomic mass is 32.1. The summed E-state index contributed by atoms with van der Waals surface area (Å²) in [5.41, 5.74) is 6.81. The van der Waals surface area contributed by atoms with Crippen molar-refractivity contribution in [1.29, 1.82) is 0 Å². The van der Waals surface area contributed by atoms with Crippen molar-refractivity contribution in [2.75, 3.05) is 19.3 Å². The number of hydrogen-bond donors (Lipinski definition) is 1. The number of thiazole rings is 1. The van der Waals surface area contributed by atoms with Crippen LogP contribution in [0.1, 0.15) is 10.6 Å². The molecule has 0 aromatic carbocycles. The Bertz CT molecular complexity index is 289. The van der Waals surface area contributed by atoms with E-state index in [1.165, 1.54) is 10.6 Å². The normalized spacial score (nSPS) is 11.2. The third-order valence-electron chi connectivity index (χ3n) is 1.94. The summed E-state index contributed by atoms with van der Waals surface area (Å²) in [7, 11) is 2.12. The van der Waals surface area contributed by atoms with Gasteiger partial charge in [0, 0.05) is 61.0 Å². The second-order valence-electron chi connectivity index (χ2n) is 2.91. The Hall–Kier alpha value is -1.24. The molecule has 0 unspecified atom stereocenters. The van der Waals surface area contributed by atoms with Gasteiger partial charge in [0.2, 0.25) is 0 Å². The summed E-state index contributed by atoms with van der Waals surface area (Å²) < 4.78 is 64.0. The highest BCUT2D eigenvalue weighted by molar-refractivity contribution is 7.15. The molecule has 3 nitrogen and oxygen atoms in total. The first-order valence-corrected chi connectivity index (χ1v) is 5.07. The van der Waals surface area contributed by atoms with Gasteiger partial charge in [-0.25, -0.2) is 4.98 Å². The molecule has 1 aliphatic heterocycles. The fraction of sp³-hybridized carbons (Fsp3) is 0.571. The average Bonchev–Trinajstić information content (AvgIpc) is 2.87. The Balaban J connectivity index is -0.000000124. The van der Waals surface area contributed by atoms with Crippen molar-refractivity contribution in [2.24, 2.45) is 0 Å². The largest absolute Gasteiger partial charge is 0.375 e. The molecule has 0 atom stereocenters. The third-order valence-corrected chi connectivity index (χ3v) is 2.85. The molecule has 0 radical (unpaired) electrons. The zero-order chi connectivity index (χ0) is 15.8. The standard InChI is InChI=1S/C7H11N3S.4F2.FH/c1-10-3-2-5-6(4-10)11-7(8)9-5;4*1-2;/h2-4H2,1H3,(H2,8,9);;;;;1H. The molecule has 0 amide bonds. The van der Waals surface area contributed by atoms with E-state index in [1.807, 2.05) is 0 Å². The summed E-state index contributed by atoms with van der Waals surface area (Å²) >= 11 is 1.62. The van der Waals surface area contributed by atoms with Crippen LogP contribution in [0.4, 0.5) is 46.4 Å². The molecule has 1 aromatic heterocycles. The zero-order valence-electron chi connectivity index (χ0n) is 9.93. The van der Waals surface area contributed by atoms with Crippen molar-refractivity contribution in [2.45, 2.75) is 13.0 Å². The van der Waals surface area contributed by atoms with Crippen LogP contribution in [-0.2, 0) is 13.0 Å². The quantitative estimate of drug-likeness (QED) is 0.718. The van der Waals surface area contributed by atoms with Gasteiger partial charge in [-0.05, 0) is 7.05 Å². The van der Waals surface area contributed by atoms with E-state index in [0.29, 0.717) is 5.13 Å². The molecule has 2 heterocycles. The zero-order valence-corrected chi connectivity index (χ0v) is 10.7. The van der Waals surface area contributed by atoms with Crippen LogP contribution in [0.5, 0.6) is 0 Å². The van der Waals surface area contributed by atoms with Gasteiger partial charge in [-0.1, -0.05) is 0 Å². The van der Waals surface area contributed by atoms with Crippen molar-refractivity contribution in [3.63, 3.8) is 0 Å². The molecule has 0 fully saturated rings. The summed E-state index contributed by atoms with van der Waals surface area (Å²) in [6.45, 7) is 2.13. The molecule has 2 rings (SSSR count). The second-order valence-corrected chi connectivity index (χ2v) is 4.02. The van der Waals surface area contributed by atoms with Gasteiger partial charge < -0.3 is 10.6 Å². The van der Waals surface area contributed by atoms with Gasteiger partial charge in [0.05, 0.1) is 5.69 Å². The molecule has 0 saturated heterocycles. The number of nitrogen functional groups attached to an aromatic ring is 1. The molecule has 2 N–H and O–H groups in total. The van der Waals surface area contributed by atoms with Gasteiger partial charge in [-0.15, -0.1) is 11.3 Å². The number of anilines is 1. The van der Waals surface area contributed by atoms with E-state index >= 15 is 0 Å². The Labute approximate surface area is 111 Å². The number of nitrogens with zero attached hydrogens (tertiary/aromatic N) is 2. The summed E-state index contributed by atoms with van der Waals surface area (Å²) in [6, 6.07) is 0. The van der Waals surface area contributed by atoms with Crippen molar-refractivity contribution < 1.29 is 41.3 Å². The monoisotopic (exact) mass is 341 g/mol. The van der Waals surface area contributed by atoms with E-state index < -0.39 is 0 Å². The maximum absolute atomic E-state index is 8.00. The maximum atomic E-state index is 8.00. The smallest absolute Gasteiger partial charge is 0.180 e. The first-order valence-electron chi connectivity index (χ1n) is 4.25. The van der Waals surface area contributed by atoms with E-state index in [2.05, 4.69) is 16.9 Å². The Kier molecular flexibility index (Phi) is 27.3. The van der Waals surface area contributed by atoms with Crippen LogP contribution in [-0.4, -0.2) is 23.5 Å². The van der Waals surface area contributed by atoms with Gasteiger partial charge in [-0.3, -0.25) is 4.70 Å². The van der Waals surface area contributed by atoms with E-state index in [-0.39, 0.29) is 4.70 Å². The highest BCUT2D eigenvalue weighted by Crippen LogP contribution is 2.25. The van der Waals surface area contributed by atoms with Crippen LogP contribution >= 0.6 is 11.3 Å². The minimum absolute atomic E-state index is 0. The van der Waals surface area contributed by atoms with Crippen LogP contribution in [0, 0.1) is 0 Å². The molecule has 0 saturated carbocycles. The minimum atomic E-state index is 0. The van der Waals surface area contributed by atoms with E-state index in [0.717, 1.165) is 19.5 Å². The fourth-order valence-corrected chi connectivity index (χ4v) is 2.30. The van der Waals surface area contributed by atoms with Crippen molar-refractivity contribution in [1.82, 2.24) is 9.88 Å². The average molecular weight is 341 g/mol. The summed E-state index contributed by atoms with van der Waals surface area (Å²) in [4.78, 5) is 7.89. The molecule has 1 aromatic rings. The fourth-order valence-electron chi connectivity index (χ4n) is 1.34. The molecule has 0 bridgehead atoms. The number of halogens is 9. The van der Waals surface area contributed by atoms with Crippen LogP contribution in [0.2, 0.25) is 0 Å². The lowest BCUT2D eigenvalue weighted by Gasteiger charge is -2.20. The first-order chi connectivity index (χ1) is 9.25. The molecule has 20 heavy (non-hydrogen) atoms. The van der Waals surface area contributed by atoms with Gasteiger partial charge in [-0.2, -0.15) is 0 Å². The third kappa shape index (κ3) is 10.7. The van der Waals surface area contributed by atoms with E-state index in [1.54, 1.807) is 11.3 Å². The van der Waals surface area contributed by atoms with Crippen molar-refractivity contribution in [3.05, 3.63) is 10.6 Å². The molecule has 124 valence electrons. The minimum Gasteiger partial charge on any atom is -0.375 e. The Morgan fingerprint density at radius 1 is 1.05 bits per heavy atom. The molecular weight excluding hydrogens is 329 g/mol. The van der Waals surface area contributed by atoms with E-state index in [4.69, 9.17) is 42.3 Å². The SMILES string of the molecule is CN1CCc2nc(N)sc2C1.F.FF.FF.FF.FF. The molecule has 1 aliphatic rings. The summed E-state index contributed by atoms with van der Waals surface area (Å²) in [5, 5.41) is 0.713. The Morgan fingerprint density at radius 2 is 1.50 bits per heavy atom. The van der Waals surface area contributed by atoms with Crippen LogP contribution < -0.4 is 5.73 Å². The van der Waals surface area contributed by atoms with Crippen molar-refractivity contribution >= 4 is 16.5 Å². The predicted octanol–water partition coefficient (Wildman–Crippen LogP) is 4.23. The first kappa shape index (κ1) is 27.2. The van der Waals surface area contributed by atoms with Crippen LogP contribution in [0.15, 0.2) is 0 Å². The molecule has 0 aliphatic carbocycles. The van der Waals surface area contributed by atoms with Crippen LogP contribution in [0.3, 0.4) is 0 Å². The number of nitrogens with two attached hydrogens (primary N) is 1. The molecule has 0 spiro atoms. The van der Waals surface area contributed by atoms with Gasteiger partial charge in [0.25, 0.3) is 0 Å². The highest BCUT2D eigenvalue weighted by Gasteiger charge is 2.16. The Morgan fingerprint density at radius 3 is 1.95 bits per heavy atom. The van der Waals surface area contributed by atoms with Gasteiger partial charge >= 0.3 is 0 Å². The van der Waals surface area contributed by atoms with Gasteiger partial charge in [0.15, 0.2) is 5.13 Å². The number of likely N-dealkylation sites (N-methyl/N-ethyl adjacent to an activating group) is 1. The maximum Gasteiger partial charge on any atom is 0.180 e. The number of hydrogen-bond acceptors (Lipinski definition) is 4. The number of fused-ring (bicyclic) bond motifs is 1. The van der Waals surface area contributed by atoms with Crippen LogP contribution in [0.25, 0.3) is 0 Å². The molecular formula is C7H12F9N3S. The molecule has 13 heteroatoms. The topological polar surface area (TPSA) is 42.2 Å². The van der Waals surface area contributed by atoms with Crippen molar-refractivity contribution in [3.8, 4) is 0 Å².